The third-order valence-electron chi connectivity index (χ3n) is 2.40. The second-order valence-electron chi connectivity index (χ2n) is 3.55. The number of carbonyl (C=O) groups is 1. The van der Waals surface area contributed by atoms with Gasteiger partial charge in [-0.05, 0) is 37.1 Å². The van der Waals surface area contributed by atoms with E-state index in [4.69, 9.17) is 4.84 Å². The molecule has 80 valence electrons. The highest BCUT2D eigenvalue weighted by atomic mass is 79.9. The van der Waals surface area contributed by atoms with E-state index in [0.29, 0.717) is 18.7 Å². The number of hydrogen-bond donors (Lipinski definition) is 0. The van der Waals surface area contributed by atoms with Crippen LogP contribution in [0.2, 0.25) is 0 Å². The fourth-order valence-electron chi connectivity index (χ4n) is 1.61. The number of rotatable bonds is 1. The Morgan fingerprint density at radius 3 is 2.93 bits per heavy atom. The first kappa shape index (κ1) is 10.6. The lowest BCUT2D eigenvalue weighted by molar-refractivity contribution is -0.0768. The van der Waals surface area contributed by atoms with Crippen LogP contribution in [0.25, 0.3) is 0 Å². The van der Waals surface area contributed by atoms with Crippen LogP contribution in [-0.2, 0) is 4.84 Å². The van der Waals surface area contributed by atoms with Gasteiger partial charge in [0.2, 0.25) is 0 Å². The third-order valence-corrected chi connectivity index (χ3v) is 2.89. The maximum atomic E-state index is 12.0. The normalized spacial score (nSPS) is 15.7. The van der Waals surface area contributed by atoms with E-state index in [0.717, 1.165) is 16.5 Å². The Morgan fingerprint density at radius 2 is 2.33 bits per heavy atom. The van der Waals surface area contributed by atoms with Gasteiger partial charge >= 0.3 is 0 Å². The van der Waals surface area contributed by atoms with E-state index in [1.165, 1.54) is 5.06 Å². The zero-order valence-electron chi connectivity index (χ0n) is 8.50. The van der Waals surface area contributed by atoms with Crippen molar-refractivity contribution in [2.24, 2.45) is 0 Å². The summed E-state index contributed by atoms with van der Waals surface area (Å²) in [5, 5.41) is 1.44. The van der Waals surface area contributed by atoms with Crippen LogP contribution in [0.1, 0.15) is 22.3 Å². The highest BCUT2D eigenvalue weighted by Gasteiger charge is 2.21. The average Bonchev–Trinajstić information content (AvgIpc) is 2.69. The second kappa shape index (κ2) is 4.33. The van der Waals surface area contributed by atoms with Gasteiger partial charge in [0.15, 0.2) is 0 Å². The van der Waals surface area contributed by atoms with Crippen molar-refractivity contribution < 1.29 is 9.63 Å². The smallest absolute Gasteiger partial charge is 0.271 e. The van der Waals surface area contributed by atoms with Crippen molar-refractivity contribution in [2.45, 2.75) is 13.3 Å². The maximum Gasteiger partial charge on any atom is 0.277 e. The first-order valence-electron chi connectivity index (χ1n) is 4.89. The molecule has 0 bridgehead atoms. The molecule has 0 radical (unpaired) electrons. The van der Waals surface area contributed by atoms with E-state index >= 15 is 0 Å². The van der Waals surface area contributed by atoms with Crippen molar-refractivity contribution in [1.29, 1.82) is 0 Å². The van der Waals surface area contributed by atoms with E-state index in [1.807, 2.05) is 25.1 Å². The summed E-state index contributed by atoms with van der Waals surface area (Å²) in [4.78, 5) is 17.2. The Bertz CT molecular complexity index is 386. The van der Waals surface area contributed by atoms with Crippen LogP contribution in [0.4, 0.5) is 0 Å². The Morgan fingerprint density at radius 1 is 1.53 bits per heavy atom. The summed E-state index contributed by atoms with van der Waals surface area (Å²) in [7, 11) is 0. The highest BCUT2D eigenvalue weighted by molar-refractivity contribution is 9.10. The van der Waals surface area contributed by atoms with Crippen molar-refractivity contribution >= 4 is 21.8 Å². The van der Waals surface area contributed by atoms with Gasteiger partial charge < -0.3 is 0 Å². The van der Waals surface area contributed by atoms with Gasteiger partial charge in [-0.2, -0.15) is 0 Å². The molecular formula is C11H12BrNO2. The number of carbonyl (C=O) groups excluding carboxylic acids is 1. The number of benzene rings is 1. The molecule has 0 unspecified atom stereocenters. The minimum atomic E-state index is -0.0440. The number of nitrogens with zero attached hydrogens (tertiary/aromatic N) is 1. The van der Waals surface area contributed by atoms with Gasteiger partial charge in [-0.15, -0.1) is 0 Å². The fourth-order valence-corrected chi connectivity index (χ4v) is 2.08. The van der Waals surface area contributed by atoms with Gasteiger partial charge in [0, 0.05) is 10.0 Å². The molecule has 2 rings (SSSR count). The van der Waals surface area contributed by atoms with E-state index in [9.17, 15) is 4.79 Å². The number of hydrogen-bond acceptors (Lipinski definition) is 2. The van der Waals surface area contributed by atoms with Gasteiger partial charge in [0.1, 0.15) is 0 Å². The van der Waals surface area contributed by atoms with Crippen LogP contribution < -0.4 is 0 Å². The van der Waals surface area contributed by atoms with E-state index in [-0.39, 0.29) is 5.91 Å². The molecular weight excluding hydrogens is 258 g/mol. The molecule has 0 aliphatic carbocycles. The third kappa shape index (κ3) is 2.21. The summed E-state index contributed by atoms with van der Waals surface area (Å²) >= 11 is 3.37. The molecule has 4 heteroatoms. The first-order valence-corrected chi connectivity index (χ1v) is 5.69. The molecule has 1 aliphatic rings. The lowest BCUT2D eigenvalue weighted by atomic mass is 10.1. The van der Waals surface area contributed by atoms with Crippen molar-refractivity contribution in [2.75, 3.05) is 13.2 Å². The summed E-state index contributed by atoms with van der Waals surface area (Å²) < 4.78 is 0.985. The van der Waals surface area contributed by atoms with E-state index < -0.39 is 0 Å². The van der Waals surface area contributed by atoms with Crippen LogP contribution in [0, 0.1) is 6.92 Å². The fraction of sp³-hybridized carbons (Fsp3) is 0.364. The quantitative estimate of drug-likeness (QED) is 0.784. The van der Waals surface area contributed by atoms with Gasteiger partial charge in [-0.1, -0.05) is 15.9 Å². The topological polar surface area (TPSA) is 29.5 Å². The van der Waals surface area contributed by atoms with Crippen LogP contribution in [0.3, 0.4) is 0 Å². The van der Waals surface area contributed by atoms with Crippen LogP contribution in [-0.4, -0.2) is 24.1 Å². The predicted octanol–water partition coefficient (Wildman–Crippen LogP) is 2.54. The number of hydroxylamine groups is 2. The van der Waals surface area contributed by atoms with Crippen molar-refractivity contribution in [3.05, 3.63) is 33.8 Å². The maximum absolute atomic E-state index is 12.0. The van der Waals surface area contributed by atoms with E-state index in [2.05, 4.69) is 15.9 Å². The Balaban J connectivity index is 2.24. The molecule has 0 atom stereocenters. The summed E-state index contributed by atoms with van der Waals surface area (Å²) in [5.74, 6) is -0.0440. The molecule has 1 fully saturated rings. The number of amides is 1. The second-order valence-corrected chi connectivity index (χ2v) is 4.47. The minimum absolute atomic E-state index is 0.0440. The Hall–Kier alpha value is -0.870. The van der Waals surface area contributed by atoms with Crippen LogP contribution in [0.5, 0.6) is 0 Å². The molecule has 1 heterocycles. The van der Waals surface area contributed by atoms with Crippen LogP contribution >= 0.6 is 15.9 Å². The largest absolute Gasteiger partial charge is 0.277 e. The molecule has 1 saturated heterocycles. The molecule has 1 amide bonds. The van der Waals surface area contributed by atoms with Crippen molar-refractivity contribution in [3.63, 3.8) is 0 Å². The first-order chi connectivity index (χ1) is 7.18. The molecule has 0 spiro atoms. The molecule has 3 nitrogen and oxygen atoms in total. The molecule has 1 aromatic rings. The summed E-state index contributed by atoms with van der Waals surface area (Å²) in [6.45, 7) is 3.25. The van der Waals surface area contributed by atoms with Crippen molar-refractivity contribution in [1.82, 2.24) is 5.06 Å². The minimum Gasteiger partial charge on any atom is -0.271 e. The van der Waals surface area contributed by atoms with Crippen LogP contribution in [0.15, 0.2) is 22.7 Å². The Labute approximate surface area is 97.1 Å². The van der Waals surface area contributed by atoms with Gasteiger partial charge in [0.05, 0.1) is 13.2 Å². The van der Waals surface area contributed by atoms with Gasteiger partial charge in [-0.25, -0.2) is 5.06 Å². The summed E-state index contributed by atoms with van der Waals surface area (Å²) in [6.07, 6.45) is 0.918. The zero-order valence-corrected chi connectivity index (χ0v) is 10.1. The molecule has 0 aromatic heterocycles. The van der Waals surface area contributed by atoms with Gasteiger partial charge in [-0.3, -0.25) is 9.63 Å². The zero-order chi connectivity index (χ0) is 10.8. The molecule has 1 aliphatic heterocycles. The molecule has 1 aromatic carbocycles. The summed E-state index contributed by atoms with van der Waals surface area (Å²) in [5.41, 5.74) is 1.67. The molecule has 0 saturated carbocycles. The predicted molar refractivity (Wildman–Crippen MR) is 60.5 cm³/mol. The molecule has 15 heavy (non-hydrogen) atoms. The SMILES string of the molecule is Cc1cc(Br)ccc1C(=O)N1CCCO1. The molecule has 0 N–H and O–H groups in total. The lowest BCUT2D eigenvalue weighted by Gasteiger charge is -2.15. The number of aryl methyl sites for hydroxylation is 1. The standard InChI is InChI=1S/C11H12BrNO2/c1-8-7-9(12)3-4-10(8)11(14)13-5-2-6-15-13/h3-4,7H,2,5-6H2,1H3. The monoisotopic (exact) mass is 269 g/mol. The van der Waals surface area contributed by atoms with Crippen molar-refractivity contribution in [3.8, 4) is 0 Å². The lowest BCUT2D eigenvalue weighted by Crippen LogP contribution is -2.27. The van der Waals surface area contributed by atoms with E-state index in [1.54, 1.807) is 0 Å². The number of halogens is 1. The highest BCUT2D eigenvalue weighted by Crippen LogP contribution is 2.19. The Kier molecular flexibility index (Phi) is 3.07. The van der Waals surface area contributed by atoms with Gasteiger partial charge in [0.25, 0.3) is 5.91 Å². The summed E-state index contributed by atoms with van der Waals surface area (Å²) in [6, 6.07) is 5.63. The average molecular weight is 270 g/mol.